The number of rotatable bonds is 5. The van der Waals surface area contributed by atoms with Crippen LogP contribution in [0.3, 0.4) is 0 Å². The third-order valence-electron chi connectivity index (χ3n) is 3.28. The lowest BCUT2D eigenvalue weighted by atomic mass is 10.1. The number of benzene rings is 2. The molecule has 1 heterocycles. The topological polar surface area (TPSA) is 65.8 Å². The molecule has 0 aliphatic rings. The number of nitrogens with one attached hydrogen (secondary N) is 1. The van der Waals surface area contributed by atoms with Crippen LogP contribution in [0.2, 0.25) is 0 Å². The van der Waals surface area contributed by atoms with E-state index in [0.717, 1.165) is 16.9 Å². The van der Waals surface area contributed by atoms with Crippen molar-refractivity contribution in [3.8, 4) is 6.07 Å². The molecule has 0 saturated heterocycles. The molecule has 130 valence electrons. The Kier molecular flexibility index (Phi) is 5.61. The van der Waals surface area contributed by atoms with Gasteiger partial charge in [0.2, 0.25) is 0 Å². The molecule has 26 heavy (non-hydrogen) atoms. The van der Waals surface area contributed by atoms with Crippen molar-refractivity contribution in [2.45, 2.75) is 10.7 Å². The number of hydrogen-bond acceptors (Lipinski definition) is 5. The monoisotopic (exact) mass is 387 g/mol. The molecule has 0 aliphatic carbocycles. The fraction of sp³-hybridized carbons (Fsp3) is 0.0556. The van der Waals surface area contributed by atoms with Gasteiger partial charge in [-0.2, -0.15) is 14.0 Å². The standard InChI is InChI=1S/C18H11F2N3OS2/c19-17(20)25-13-6-7-14-15(9-13)26-18(22-14)23-16(24)12(10-21)8-11-4-2-1-3-5-11/h1-9,17H,(H,22,23,24). The van der Waals surface area contributed by atoms with E-state index in [1.807, 2.05) is 12.1 Å². The lowest BCUT2D eigenvalue weighted by Gasteiger charge is -1.99. The van der Waals surface area contributed by atoms with Gasteiger partial charge in [0.25, 0.3) is 11.7 Å². The van der Waals surface area contributed by atoms with Gasteiger partial charge in [0, 0.05) is 4.90 Å². The fourth-order valence-corrected chi connectivity index (χ4v) is 3.68. The Labute approximate surface area is 156 Å². The number of aromatic nitrogens is 1. The second-order valence-corrected chi connectivity index (χ2v) is 7.16. The molecule has 0 atom stereocenters. The van der Waals surface area contributed by atoms with E-state index < -0.39 is 11.7 Å². The Hall–Kier alpha value is -2.76. The molecule has 0 fully saturated rings. The van der Waals surface area contributed by atoms with E-state index in [2.05, 4.69) is 10.3 Å². The average molecular weight is 387 g/mol. The summed E-state index contributed by atoms with van der Waals surface area (Å²) in [6.07, 6.45) is 1.49. The predicted octanol–water partition coefficient (Wildman–Crippen LogP) is 5.16. The molecule has 0 aliphatic heterocycles. The van der Waals surface area contributed by atoms with E-state index in [1.54, 1.807) is 42.5 Å². The van der Waals surface area contributed by atoms with Crippen LogP contribution in [-0.2, 0) is 4.79 Å². The second kappa shape index (κ2) is 8.08. The number of nitrogens with zero attached hydrogens (tertiary/aromatic N) is 2. The molecule has 3 rings (SSSR count). The Morgan fingerprint density at radius 2 is 2.04 bits per heavy atom. The van der Waals surface area contributed by atoms with Gasteiger partial charge in [-0.15, -0.1) is 0 Å². The maximum atomic E-state index is 12.5. The van der Waals surface area contributed by atoms with Gasteiger partial charge in [0.1, 0.15) is 11.6 Å². The van der Waals surface area contributed by atoms with Crippen LogP contribution >= 0.6 is 23.1 Å². The number of carbonyl (C=O) groups is 1. The van der Waals surface area contributed by atoms with Gasteiger partial charge in [0.05, 0.1) is 10.2 Å². The minimum absolute atomic E-state index is 0.0515. The SMILES string of the molecule is N#CC(=Cc1ccccc1)C(=O)Nc1nc2ccc(SC(F)F)cc2s1. The molecule has 0 radical (unpaired) electrons. The molecule has 1 aromatic heterocycles. The number of thioether (sulfide) groups is 1. The number of nitriles is 1. The first kappa shape index (κ1) is 18.0. The maximum absolute atomic E-state index is 12.5. The maximum Gasteiger partial charge on any atom is 0.288 e. The van der Waals surface area contributed by atoms with Gasteiger partial charge in [-0.25, -0.2) is 4.98 Å². The number of halogens is 2. The number of hydrogen-bond donors (Lipinski definition) is 1. The summed E-state index contributed by atoms with van der Waals surface area (Å²) in [6.45, 7) is 0. The summed E-state index contributed by atoms with van der Waals surface area (Å²) in [5.41, 5.74) is 1.27. The minimum Gasteiger partial charge on any atom is -0.297 e. The largest absolute Gasteiger partial charge is 0.297 e. The van der Waals surface area contributed by atoms with Gasteiger partial charge < -0.3 is 0 Å². The molecule has 0 bridgehead atoms. The normalized spacial score (nSPS) is 11.5. The molecule has 0 saturated carbocycles. The molecule has 4 nitrogen and oxygen atoms in total. The fourth-order valence-electron chi connectivity index (χ4n) is 2.16. The minimum atomic E-state index is -2.50. The summed E-state index contributed by atoms with van der Waals surface area (Å²) in [7, 11) is 0. The van der Waals surface area contributed by atoms with Crippen LogP contribution in [0.1, 0.15) is 5.56 Å². The highest BCUT2D eigenvalue weighted by atomic mass is 32.2. The number of thiazole rings is 1. The summed E-state index contributed by atoms with van der Waals surface area (Å²) in [5.74, 6) is -3.07. The molecule has 1 N–H and O–H groups in total. The Balaban J connectivity index is 1.80. The summed E-state index contributed by atoms with van der Waals surface area (Å²) in [5, 5.41) is 12.1. The van der Waals surface area contributed by atoms with Crippen LogP contribution < -0.4 is 5.32 Å². The third-order valence-corrected chi connectivity index (χ3v) is 4.92. The zero-order valence-corrected chi connectivity index (χ0v) is 14.8. The Morgan fingerprint density at radius 3 is 2.73 bits per heavy atom. The number of alkyl halides is 2. The molecule has 8 heteroatoms. The van der Waals surface area contributed by atoms with Crippen molar-refractivity contribution in [1.29, 1.82) is 5.26 Å². The molecule has 0 unspecified atom stereocenters. The van der Waals surface area contributed by atoms with Gasteiger partial charge in [-0.1, -0.05) is 53.4 Å². The van der Waals surface area contributed by atoms with Gasteiger partial charge >= 0.3 is 0 Å². The van der Waals surface area contributed by atoms with Crippen molar-refractivity contribution >= 4 is 50.4 Å². The Bertz CT molecular complexity index is 1010. The lowest BCUT2D eigenvalue weighted by Crippen LogP contribution is -2.13. The summed E-state index contributed by atoms with van der Waals surface area (Å²) < 4.78 is 25.6. The van der Waals surface area contributed by atoms with E-state index in [-0.39, 0.29) is 5.57 Å². The van der Waals surface area contributed by atoms with Gasteiger partial charge in [-0.05, 0) is 29.8 Å². The lowest BCUT2D eigenvalue weighted by molar-refractivity contribution is -0.112. The van der Waals surface area contributed by atoms with Crippen LogP contribution in [0.4, 0.5) is 13.9 Å². The van der Waals surface area contributed by atoms with Crippen molar-refractivity contribution in [1.82, 2.24) is 4.98 Å². The molecular weight excluding hydrogens is 376 g/mol. The summed E-state index contributed by atoms with van der Waals surface area (Å²) in [4.78, 5) is 17.0. The van der Waals surface area contributed by atoms with E-state index in [1.165, 1.54) is 6.08 Å². The van der Waals surface area contributed by atoms with Gasteiger partial charge in [-0.3, -0.25) is 10.1 Å². The molecule has 1 amide bonds. The van der Waals surface area contributed by atoms with Crippen molar-refractivity contribution in [3.63, 3.8) is 0 Å². The first-order chi connectivity index (χ1) is 12.5. The first-order valence-corrected chi connectivity index (χ1v) is 9.08. The predicted molar refractivity (Wildman–Crippen MR) is 100 cm³/mol. The zero-order valence-electron chi connectivity index (χ0n) is 13.1. The van der Waals surface area contributed by atoms with Crippen LogP contribution in [0.5, 0.6) is 0 Å². The van der Waals surface area contributed by atoms with E-state index in [9.17, 15) is 18.8 Å². The smallest absolute Gasteiger partial charge is 0.288 e. The quantitative estimate of drug-likeness (QED) is 0.373. The molecular formula is C18H11F2N3OS2. The van der Waals surface area contributed by atoms with Crippen molar-refractivity contribution in [2.75, 3.05) is 5.32 Å². The number of amides is 1. The number of fused-ring (bicyclic) bond motifs is 1. The summed E-state index contributed by atoms with van der Waals surface area (Å²) in [6, 6.07) is 15.7. The van der Waals surface area contributed by atoms with E-state index in [4.69, 9.17) is 0 Å². The van der Waals surface area contributed by atoms with Crippen molar-refractivity contribution in [3.05, 3.63) is 59.7 Å². The van der Waals surface area contributed by atoms with Crippen LogP contribution in [0.25, 0.3) is 16.3 Å². The highest BCUT2D eigenvalue weighted by Crippen LogP contribution is 2.32. The summed E-state index contributed by atoms with van der Waals surface area (Å²) >= 11 is 1.62. The third kappa shape index (κ3) is 4.45. The van der Waals surface area contributed by atoms with Crippen LogP contribution in [0.15, 0.2) is 59.0 Å². The molecule has 2 aromatic carbocycles. The van der Waals surface area contributed by atoms with Crippen molar-refractivity contribution < 1.29 is 13.6 Å². The average Bonchev–Trinajstić information content (AvgIpc) is 3.01. The van der Waals surface area contributed by atoms with Crippen LogP contribution in [0, 0.1) is 11.3 Å². The second-order valence-electron chi connectivity index (χ2n) is 5.06. The Morgan fingerprint density at radius 1 is 1.27 bits per heavy atom. The van der Waals surface area contributed by atoms with E-state index in [0.29, 0.717) is 32.0 Å². The number of carbonyl (C=O) groups excluding carboxylic acids is 1. The van der Waals surface area contributed by atoms with Crippen LogP contribution in [-0.4, -0.2) is 16.6 Å². The number of anilines is 1. The first-order valence-electron chi connectivity index (χ1n) is 7.39. The van der Waals surface area contributed by atoms with Crippen molar-refractivity contribution in [2.24, 2.45) is 0 Å². The van der Waals surface area contributed by atoms with Gasteiger partial charge in [0.15, 0.2) is 5.13 Å². The molecule has 0 spiro atoms. The highest BCUT2D eigenvalue weighted by molar-refractivity contribution is 7.99. The zero-order chi connectivity index (χ0) is 18.5. The highest BCUT2D eigenvalue weighted by Gasteiger charge is 2.13. The molecule has 3 aromatic rings. The van der Waals surface area contributed by atoms with E-state index >= 15 is 0 Å².